The molecule has 27 heavy (non-hydrogen) atoms. The molecule has 0 aliphatic rings. The third-order valence-electron chi connectivity index (χ3n) is 4.70. The van der Waals surface area contributed by atoms with Crippen LogP contribution >= 0.6 is 0 Å². The van der Waals surface area contributed by atoms with Crippen molar-refractivity contribution < 1.29 is 9.18 Å². The van der Waals surface area contributed by atoms with E-state index in [4.69, 9.17) is 0 Å². The Morgan fingerprint density at radius 2 is 2.19 bits per heavy atom. The number of aromatic nitrogens is 4. The maximum Gasteiger partial charge on any atom is 0.317 e. The first-order valence-electron chi connectivity index (χ1n) is 9.19. The zero-order chi connectivity index (χ0) is 19.4. The largest absolute Gasteiger partial charge is 0.342 e. The average Bonchev–Trinajstić information content (AvgIpc) is 3.25. The summed E-state index contributed by atoms with van der Waals surface area (Å²) in [5, 5.41) is 7.25. The van der Waals surface area contributed by atoms with E-state index in [2.05, 4.69) is 20.4 Å². The van der Waals surface area contributed by atoms with Gasteiger partial charge in [0.25, 0.3) is 0 Å². The molecule has 0 saturated heterocycles. The fourth-order valence-electron chi connectivity index (χ4n) is 3.15. The van der Waals surface area contributed by atoms with Crippen LogP contribution in [0.1, 0.15) is 37.8 Å². The number of carbonyl (C=O) groups excluding carboxylic acids is 1. The van der Waals surface area contributed by atoms with Crippen LogP contribution in [-0.4, -0.2) is 43.8 Å². The van der Waals surface area contributed by atoms with Gasteiger partial charge in [0, 0.05) is 32.8 Å². The van der Waals surface area contributed by atoms with Gasteiger partial charge in [-0.25, -0.2) is 14.2 Å². The third-order valence-corrected chi connectivity index (χ3v) is 4.70. The highest BCUT2D eigenvalue weighted by molar-refractivity contribution is 5.75. The van der Waals surface area contributed by atoms with Crippen molar-refractivity contribution in [1.29, 1.82) is 0 Å². The van der Waals surface area contributed by atoms with Crippen molar-refractivity contribution in [2.24, 2.45) is 7.05 Å². The summed E-state index contributed by atoms with van der Waals surface area (Å²) in [6.45, 7) is 5.08. The lowest BCUT2D eigenvalue weighted by atomic mass is 10.1. The number of benzene rings is 1. The fourth-order valence-corrected chi connectivity index (χ4v) is 3.15. The van der Waals surface area contributed by atoms with Gasteiger partial charge >= 0.3 is 6.03 Å². The van der Waals surface area contributed by atoms with E-state index in [9.17, 15) is 9.18 Å². The molecule has 7 nitrogen and oxygen atoms in total. The summed E-state index contributed by atoms with van der Waals surface area (Å²) in [5.74, 6) is 0.438. The minimum atomic E-state index is -0.298. The Balaban J connectivity index is 1.63. The van der Waals surface area contributed by atoms with Crippen molar-refractivity contribution in [2.45, 2.75) is 32.7 Å². The molecule has 1 atom stereocenters. The van der Waals surface area contributed by atoms with E-state index in [0.717, 1.165) is 23.5 Å². The quantitative estimate of drug-likeness (QED) is 0.669. The van der Waals surface area contributed by atoms with Crippen molar-refractivity contribution in [1.82, 2.24) is 30.0 Å². The van der Waals surface area contributed by atoms with Gasteiger partial charge in [0.15, 0.2) is 0 Å². The lowest BCUT2D eigenvalue weighted by molar-refractivity contribution is 0.196. The Labute approximate surface area is 157 Å². The van der Waals surface area contributed by atoms with E-state index in [1.165, 1.54) is 12.1 Å². The van der Waals surface area contributed by atoms with Crippen LogP contribution in [0, 0.1) is 5.82 Å². The van der Waals surface area contributed by atoms with Crippen LogP contribution in [0.15, 0.2) is 30.5 Å². The number of nitrogens with one attached hydrogen (secondary N) is 2. The van der Waals surface area contributed by atoms with E-state index in [1.54, 1.807) is 21.8 Å². The van der Waals surface area contributed by atoms with Crippen molar-refractivity contribution in [3.05, 3.63) is 47.8 Å². The van der Waals surface area contributed by atoms with Crippen molar-refractivity contribution in [3.8, 4) is 0 Å². The zero-order valence-corrected chi connectivity index (χ0v) is 15.9. The lowest BCUT2D eigenvalue weighted by Gasteiger charge is -2.25. The standard InChI is InChI=1S/C19H25FN6O/c1-4-14(17-8-10-21-25(17)3)24-19(27)26(5-2)11-9-18-22-15-7-6-13(20)12-16(15)23-18/h6-8,10,12,14H,4-5,9,11H2,1-3H3,(H,22,23)(H,24,27)/t14-/m0/s1. The summed E-state index contributed by atoms with van der Waals surface area (Å²) >= 11 is 0. The van der Waals surface area contributed by atoms with Crippen molar-refractivity contribution in [2.75, 3.05) is 13.1 Å². The number of amides is 2. The second-order valence-electron chi connectivity index (χ2n) is 6.46. The molecule has 2 heterocycles. The molecular formula is C19H25FN6O. The molecule has 0 saturated carbocycles. The molecule has 0 fully saturated rings. The zero-order valence-electron chi connectivity index (χ0n) is 15.9. The number of hydrogen-bond donors (Lipinski definition) is 2. The summed E-state index contributed by atoms with van der Waals surface area (Å²) in [6.07, 6.45) is 3.07. The number of fused-ring (bicyclic) bond motifs is 1. The number of rotatable bonds is 7. The van der Waals surface area contributed by atoms with E-state index in [0.29, 0.717) is 25.0 Å². The maximum atomic E-state index is 13.3. The second-order valence-corrected chi connectivity index (χ2v) is 6.46. The molecule has 2 N–H and O–H groups in total. The number of urea groups is 1. The Morgan fingerprint density at radius 1 is 1.37 bits per heavy atom. The highest BCUT2D eigenvalue weighted by atomic mass is 19.1. The summed E-state index contributed by atoms with van der Waals surface area (Å²) in [4.78, 5) is 22.0. The minimum Gasteiger partial charge on any atom is -0.342 e. The average molecular weight is 372 g/mol. The highest BCUT2D eigenvalue weighted by Gasteiger charge is 2.19. The summed E-state index contributed by atoms with van der Waals surface area (Å²) in [6, 6.07) is 6.17. The number of nitrogens with zero attached hydrogens (tertiary/aromatic N) is 4. The molecule has 0 aliphatic heterocycles. The number of aromatic amines is 1. The van der Waals surface area contributed by atoms with Crippen LogP contribution in [0.3, 0.4) is 0 Å². The van der Waals surface area contributed by atoms with Crippen molar-refractivity contribution >= 4 is 17.1 Å². The van der Waals surface area contributed by atoms with Crippen LogP contribution in [-0.2, 0) is 13.5 Å². The number of likely N-dealkylation sites (N-methyl/N-ethyl adjacent to an activating group) is 1. The monoisotopic (exact) mass is 372 g/mol. The highest BCUT2D eigenvalue weighted by Crippen LogP contribution is 2.16. The first-order chi connectivity index (χ1) is 13.0. The van der Waals surface area contributed by atoms with Gasteiger partial charge in [-0.15, -0.1) is 0 Å². The predicted octanol–water partition coefficient (Wildman–Crippen LogP) is 3.16. The molecule has 0 spiro atoms. The van der Waals surface area contributed by atoms with Crippen LogP contribution in [0.5, 0.6) is 0 Å². The van der Waals surface area contributed by atoms with Crippen LogP contribution in [0.2, 0.25) is 0 Å². The van der Waals surface area contributed by atoms with Gasteiger partial charge in [0.1, 0.15) is 11.6 Å². The van der Waals surface area contributed by atoms with Gasteiger partial charge in [-0.3, -0.25) is 4.68 Å². The number of aryl methyl sites for hydroxylation is 1. The van der Waals surface area contributed by atoms with Crippen LogP contribution in [0.25, 0.3) is 11.0 Å². The number of carbonyl (C=O) groups is 1. The second kappa shape index (κ2) is 8.20. The van der Waals surface area contributed by atoms with Crippen LogP contribution < -0.4 is 5.32 Å². The van der Waals surface area contributed by atoms with E-state index >= 15 is 0 Å². The van der Waals surface area contributed by atoms with E-state index in [-0.39, 0.29) is 17.9 Å². The molecule has 0 bridgehead atoms. The Hall–Kier alpha value is -2.90. The molecular weight excluding hydrogens is 347 g/mol. The van der Waals surface area contributed by atoms with E-state index < -0.39 is 0 Å². The molecule has 144 valence electrons. The summed E-state index contributed by atoms with van der Waals surface area (Å²) < 4.78 is 15.1. The maximum absolute atomic E-state index is 13.3. The van der Waals surface area contributed by atoms with E-state index in [1.807, 2.05) is 27.0 Å². The molecule has 8 heteroatoms. The normalized spacial score (nSPS) is 12.3. The smallest absolute Gasteiger partial charge is 0.317 e. The van der Waals surface area contributed by atoms with Crippen molar-refractivity contribution in [3.63, 3.8) is 0 Å². The Kier molecular flexibility index (Phi) is 5.73. The SMILES string of the molecule is CC[C@H](NC(=O)N(CC)CCc1nc2ccc(F)cc2[nH]1)c1ccnn1C. The number of H-pyrrole nitrogens is 1. The van der Waals surface area contributed by atoms with Gasteiger partial charge in [-0.2, -0.15) is 5.10 Å². The number of hydrogen-bond acceptors (Lipinski definition) is 3. The number of imidazole rings is 1. The minimum absolute atomic E-state index is 0.0896. The molecule has 1 aromatic carbocycles. The van der Waals surface area contributed by atoms with Gasteiger partial charge < -0.3 is 15.2 Å². The summed E-state index contributed by atoms with van der Waals surface area (Å²) in [5.41, 5.74) is 2.36. The molecule has 0 aliphatic carbocycles. The molecule has 2 aromatic heterocycles. The van der Waals surface area contributed by atoms with Crippen LogP contribution in [0.4, 0.5) is 9.18 Å². The molecule has 3 aromatic rings. The molecule has 2 amide bonds. The number of halogens is 1. The first-order valence-corrected chi connectivity index (χ1v) is 9.19. The Bertz CT molecular complexity index is 918. The Morgan fingerprint density at radius 3 is 2.85 bits per heavy atom. The lowest BCUT2D eigenvalue weighted by Crippen LogP contribution is -2.42. The molecule has 0 unspecified atom stereocenters. The first kappa shape index (κ1) is 18.9. The topological polar surface area (TPSA) is 78.8 Å². The predicted molar refractivity (Wildman–Crippen MR) is 102 cm³/mol. The third kappa shape index (κ3) is 4.27. The van der Waals surface area contributed by atoms with Gasteiger partial charge in [0.2, 0.25) is 0 Å². The van der Waals surface area contributed by atoms with Gasteiger partial charge in [-0.1, -0.05) is 6.92 Å². The molecule has 0 radical (unpaired) electrons. The van der Waals surface area contributed by atoms with Gasteiger partial charge in [-0.05, 0) is 37.6 Å². The fraction of sp³-hybridized carbons (Fsp3) is 0.421. The molecule has 3 rings (SSSR count). The summed E-state index contributed by atoms with van der Waals surface area (Å²) in [7, 11) is 1.87. The van der Waals surface area contributed by atoms with Gasteiger partial charge in [0.05, 0.1) is 22.8 Å².